The second kappa shape index (κ2) is 4.63. The summed E-state index contributed by atoms with van der Waals surface area (Å²) in [4.78, 5) is 11.8. The third kappa shape index (κ3) is 2.29. The van der Waals surface area contributed by atoms with Crippen molar-refractivity contribution >= 4 is 5.91 Å². The second-order valence-electron chi connectivity index (χ2n) is 4.47. The van der Waals surface area contributed by atoms with Crippen LogP contribution in [0.1, 0.15) is 33.1 Å². The molecule has 0 bridgehead atoms. The number of aliphatic hydroxyl groups is 1. The molecule has 1 saturated carbocycles. The van der Waals surface area contributed by atoms with E-state index in [2.05, 4.69) is 11.4 Å². The highest BCUT2D eigenvalue weighted by atomic mass is 16.3. The van der Waals surface area contributed by atoms with E-state index in [1.807, 2.05) is 13.8 Å². The molecule has 0 spiro atoms. The van der Waals surface area contributed by atoms with Crippen molar-refractivity contribution in [2.75, 3.05) is 6.61 Å². The fraction of sp³-hybridized carbons (Fsp3) is 0.818. The molecule has 0 aliphatic heterocycles. The summed E-state index contributed by atoms with van der Waals surface area (Å²) in [6, 6.07) is 2.01. The van der Waals surface area contributed by atoms with Crippen molar-refractivity contribution in [2.24, 2.45) is 11.3 Å². The molecule has 15 heavy (non-hydrogen) atoms. The molecule has 1 amide bonds. The minimum absolute atomic E-state index is 0.0183. The second-order valence-corrected chi connectivity index (χ2v) is 4.47. The first-order chi connectivity index (χ1) is 7.05. The number of rotatable bonds is 4. The molecule has 1 aliphatic rings. The van der Waals surface area contributed by atoms with E-state index in [0.29, 0.717) is 12.8 Å². The van der Waals surface area contributed by atoms with Crippen molar-refractivity contribution in [3.8, 4) is 6.07 Å². The first kappa shape index (κ1) is 12.0. The standard InChI is InChI=1S/C11H18N2O2/c1-8(6-14)9(2)13-10(15)11(7-12)4-3-5-11/h8-9,14H,3-6H2,1-2H3,(H,13,15). The Kier molecular flexibility index (Phi) is 3.70. The summed E-state index contributed by atoms with van der Waals surface area (Å²) < 4.78 is 0. The Morgan fingerprint density at radius 1 is 1.60 bits per heavy atom. The van der Waals surface area contributed by atoms with E-state index in [0.717, 1.165) is 6.42 Å². The lowest BCUT2D eigenvalue weighted by atomic mass is 9.69. The van der Waals surface area contributed by atoms with E-state index in [-0.39, 0.29) is 24.5 Å². The molecule has 0 heterocycles. The molecule has 1 fully saturated rings. The minimum atomic E-state index is -0.788. The van der Waals surface area contributed by atoms with Gasteiger partial charge in [-0.15, -0.1) is 0 Å². The molecule has 0 aromatic carbocycles. The molecule has 84 valence electrons. The van der Waals surface area contributed by atoms with Gasteiger partial charge in [0.2, 0.25) is 5.91 Å². The van der Waals surface area contributed by atoms with Gasteiger partial charge in [0, 0.05) is 12.6 Å². The number of carbonyl (C=O) groups is 1. The molecule has 4 heteroatoms. The molecule has 0 saturated heterocycles. The van der Waals surface area contributed by atoms with Gasteiger partial charge < -0.3 is 10.4 Å². The predicted molar refractivity (Wildman–Crippen MR) is 55.8 cm³/mol. The fourth-order valence-corrected chi connectivity index (χ4v) is 1.57. The minimum Gasteiger partial charge on any atom is -0.396 e. The highest BCUT2D eigenvalue weighted by molar-refractivity contribution is 5.86. The molecular formula is C11H18N2O2. The molecule has 0 radical (unpaired) electrons. The predicted octanol–water partition coefficient (Wildman–Crippen LogP) is 0.813. The van der Waals surface area contributed by atoms with Crippen molar-refractivity contribution < 1.29 is 9.90 Å². The lowest BCUT2D eigenvalue weighted by Crippen LogP contribution is -2.49. The molecule has 1 aliphatic carbocycles. The summed E-state index contributed by atoms with van der Waals surface area (Å²) in [5.74, 6) is -0.159. The van der Waals surface area contributed by atoms with Crippen LogP contribution >= 0.6 is 0 Å². The van der Waals surface area contributed by atoms with Crippen LogP contribution in [0.5, 0.6) is 0 Å². The lowest BCUT2D eigenvalue weighted by molar-refractivity contribution is -0.132. The summed E-state index contributed by atoms with van der Waals surface area (Å²) >= 11 is 0. The average Bonchev–Trinajstić information content (AvgIpc) is 2.15. The van der Waals surface area contributed by atoms with E-state index in [4.69, 9.17) is 10.4 Å². The zero-order chi connectivity index (χ0) is 11.5. The van der Waals surface area contributed by atoms with Crippen LogP contribution < -0.4 is 5.32 Å². The van der Waals surface area contributed by atoms with Crippen LogP contribution in [0.4, 0.5) is 0 Å². The number of hydrogen-bond donors (Lipinski definition) is 2. The third-order valence-corrected chi connectivity index (χ3v) is 3.36. The van der Waals surface area contributed by atoms with Crippen molar-refractivity contribution in [1.82, 2.24) is 5.32 Å². The van der Waals surface area contributed by atoms with Gasteiger partial charge in [0.1, 0.15) is 5.41 Å². The SMILES string of the molecule is CC(CO)C(C)NC(=O)C1(C#N)CCC1. The van der Waals surface area contributed by atoms with Gasteiger partial charge in [-0.3, -0.25) is 4.79 Å². The number of hydrogen-bond acceptors (Lipinski definition) is 3. The van der Waals surface area contributed by atoms with Gasteiger partial charge in [-0.1, -0.05) is 6.92 Å². The summed E-state index contributed by atoms with van der Waals surface area (Å²) in [6.45, 7) is 3.76. The van der Waals surface area contributed by atoms with Crippen LogP contribution in [0.15, 0.2) is 0 Å². The van der Waals surface area contributed by atoms with Crippen molar-refractivity contribution in [2.45, 2.75) is 39.2 Å². The Bertz CT molecular complexity index is 279. The monoisotopic (exact) mass is 210 g/mol. The summed E-state index contributed by atoms with van der Waals surface area (Å²) in [5, 5.41) is 20.7. The molecule has 2 unspecified atom stereocenters. The van der Waals surface area contributed by atoms with Crippen LogP contribution in [-0.4, -0.2) is 23.7 Å². The number of carbonyl (C=O) groups excluding carboxylic acids is 1. The summed E-state index contributed by atoms with van der Waals surface area (Å²) in [5.41, 5.74) is -0.788. The largest absolute Gasteiger partial charge is 0.396 e. The Hall–Kier alpha value is -1.08. The average molecular weight is 210 g/mol. The smallest absolute Gasteiger partial charge is 0.240 e. The van der Waals surface area contributed by atoms with Crippen LogP contribution in [0.25, 0.3) is 0 Å². The molecule has 4 nitrogen and oxygen atoms in total. The first-order valence-electron chi connectivity index (χ1n) is 5.39. The van der Waals surface area contributed by atoms with Crippen molar-refractivity contribution in [1.29, 1.82) is 5.26 Å². The number of amides is 1. The van der Waals surface area contributed by atoms with Crippen molar-refractivity contribution in [3.05, 3.63) is 0 Å². The van der Waals surface area contributed by atoms with Crippen LogP contribution in [-0.2, 0) is 4.79 Å². The number of nitrogens with one attached hydrogen (secondary N) is 1. The van der Waals surface area contributed by atoms with Gasteiger partial charge >= 0.3 is 0 Å². The van der Waals surface area contributed by atoms with Gasteiger partial charge in [-0.05, 0) is 32.1 Å². The summed E-state index contributed by atoms with van der Waals surface area (Å²) in [6.07, 6.45) is 2.27. The quantitative estimate of drug-likeness (QED) is 0.721. The van der Waals surface area contributed by atoms with Gasteiger partial charge in [-0.25, -0.2) is 0 Å². The zero-order valence-electron chi connectivity index (χ0n) is 9.29. The van der Waals surface area contributed by atoms with E-state index in [9.17, 15) is 4.79 Å². The van der Waals surface area contributed by atoms with E-state index in [1.165, 1.54) is 0 Å². The summed E-state index contributed by atoms with van der Waals surface area (Å²) in [7, 11) is 0. The first-order valence-corrected chi connectivity index (χ1v) is 5.39. The van der Waals surface area contributed by atoms with E-state index >= 15 is 0 Å². The Labute approximate surface area is 90.3 Å². The molecule has 0 aromatic heterocycles. The van der Waals surface area contributed by atoms with Gasteiger partial charge in [0.15, 0.2) is 0 Å². The van der Waals surface area contributed by atoms with Gasteiger partial charge in [0.05, 0.1) is 6.07 Å². The Morgan fingerprint density at radius 3 is 2.53 bits per heavy atom. The van der Waals surface area contributed by atoms with Gasteiger partial charge in [-0.2, -0.15) is 5.26 Å². The normalized spacial score (nSPS) is 22.0. The maximum absolute atomic E-state index is 11.8. The third-order valence-electron chi connectivity index (χ3n) is 3.36. The van der Waals surface area contributed by atoms with Crippen LogP contribution in [0.3, 0.4) is 0 Å². The van der Waals surface area contributed by atoms with Crippen molar-refractivity contribution in [3.63, 3.8) is 0 Å². The molecule has 1 rings (SSSR count). The number of nitriles is 1. The fourth-order valence-electron chi connectivity index (χ4n) is 1.57. The van der Waals surface area contributed by atoms with E-state index < -0.39 is 5.41 Å². The Balaban J connectivity index is 2.52. The van der Waals surface area contributed by atoms with E-state index in [1.54, 1.807) is 0 Å². The zero-order valence-corrected chi connectivity index (χ0v) is 9.29. The molecule has 2 atom stereocenters. The molecule has 0 aromatic rings. The topological polar surface area (TPSA) is 73.1 Å². The molecular weight excluding hydrogens is 192 g/mol. The Morgan fingerprint density at radius 2 is 2.20 bits per heavy atom. The number of nitrogens with zero attached hydrogens (tertiary/aromatic N) is 1. The highest BCUT2D eigenvalue weighted by Gasteiger charge is 2.45. The van der Waals surface area contributed by atoms with Crippen LogP contribution in [0.2, 0.25) is 0 Å². The number of aliphatic hydroxyl groups excluding tert-OH is 1. The molecule has 2 N–H and O–H groups in total. The van der Waals surface area contributed by atoms with Crippen LogP contribution in [0, 0.1) is 22.7 Å². The van der Waals surface area contributed by atoms with Gasteiger partial charge in [0.25, 0.3) is 0 Å². The maximum atomic E-state index is 11.8. The lowest BCUT2D eigenvalue weighted by Gasteiger charge is -2.35. The highest BCUT2D eigenvalue weighted by Crippen LogP contribution is 2.40. The maximum Gasteiger partial charge on any atom is 0.240 e.